The van der Waals surface area contributed by atoms with Gasteiger partial charge in [0, 0.05) is 25.8 Å². The summed E-state index contributed by atoms with van der Waals surface area (Å²) in [5.74, 6) is 1.64. The van der Waals surface area contributed by atoms with Crippen LogP contribution in [-0.4, -0.2) is 24.1 Å². The average Bonchev–Trinajstić information content (AvgIpc) is 2.67. The normalized spacial score (nSPS) is 15.4. The van der Waals surface area contributed by atoms with Gasteiger partial charge in [0.1, 0.15) is 5.82 Å². The topological polar surface area (TPSA) is 57.3 Å². The number of nitrogens with zero attached hydrogens (tertiary/aromatic N) is 2. The monoisotopic (exact) mass is 392 g/mol. The van der Waals surface area contributed by atoms with Gasteiger partial charge in [-0.3, -0.25) is 0 Å². The molecule has 150 valence electrons. The summed E-state index contributed by atoms with van der Waals surface area (Å²) in [6.45, 7) is 4.38. The van der Waals surface area contributed by atoms with Crippen LogP contribution in [0.4, 0.5) is 29.5 Å². The van der Waals surface area contributed by atoms with E-state index in [1.807, 2.05) is 12.1 Å². The zero-order valence-corrected chi connectivity index (χ0v) is 15.6. The number of carbonyl (C=O) groups excluding carboxylic acids is 1. The van der Waals surface area contributed by atoms with Gasteiger partial charge in [-0.05, 0) is 42.5 Å². The van der Waals surface area contributed by atoms with Crippen molar-refractivity contribution in [2.45, 2.75) is 32.5 Å². The Labute approximate surface area is 162 Å². The fraction of sp³-hybridized carbons (Fsp3) is 0.400. The number of piperidine rings is 1. The SMILES string of the molecule is CC1CCN(c2ccc(CNC(=O)Nc3ccccc3C(F)(F)F)cn2)CC1. The van der Waals surface area contributed by atoms with Crippen LogP contribution in [-0.2, 0) is 12.7 Å². The van der Waals surface area contributed by atoms with E-state index >= 15 is 0 Å². The lowest BCUT2D eigenvalue weighted by atomic mass is 9.99. The van der Waals surface area contributed by atoms with Gasteiger partial charge in [-0.1, -0.05) is 25.1 Å². The number of hydrogen-bond donors (Lipinski definition) is 2. The summed E-state index contributed by atoms with van der Waals surface area (Å²) in [5.41, 5.74) is -0.388. The smallest absolute Gasteiger partial charge is 0.357 e. The van der Waals surface area contributed by atoms with Crippen LogP contribution in [0.2, 0.25) is 0 Å². The maximum absolute atomic E-state index is 13.0. The van der Waals surface area contributed by atoms with E-state index in [0.717, 1.165) is 49.3 Å². The Morgan fingerprint density at radius 1 is 1.18 bits per heavy atom. The lowest BCUT2D eigenvalue weighted by molar-refractivity contribution is -0.136. The van der Waals surface area contributed by atoms with Gasteiger partial charge in [0.15, 0.2) is 0 Å². The molecule has 1 aromatic carbocycles. The van der Waals surface area contributed by atoms with Crippen LogP contribution in [0.3, 0.4) is 0 Å². The third-order valence-electron chi connectivity index (χ3n) is 4.85. The number of carbonyl (C=O) groups is 1. The van der Waals surface area contributed by atoms with Gasteiger partial charge in [-0.25, -0.2) is 9.78 Å². The number of halogens is 3. The second-order valence-corrected chi connectivity index (χ2v) is 7.05. The number of rotatable bonds is 4. The first kappa shape index (κ1) is 20.0. The number of alkyl halides is 3. The molecule has 2 heterocycles. The molecule has 3 rings (SSSR count). The van der Waals surface area contributed by atoms with E-state index in [1.54, 1.807) is 6.20 Å². The molecule has 2 aromatic rings. The molecule has 2 N–H and O–H groups in total. The van der Waals surface area contributed by atoms with Gasteiger partial charge in [0.2, 0.25) is 0 Å². The second kappa shape index (κ2) is 8.50. The van der Waals surface area contributed by atoms with Crippen LogP contribution in [0.1, 0.15) is 30.9 Å². The van der Waals surface area contributed by atoms with Gasteiger partial charge in [0.05, 0.1) is 11.3 Å². The van der Waals surface area contributed by atoms with Crippen molar-refractivity contribution in [1.29, 1.82) is 0 Å². The zero-order chi connectivity index (χ0) is 20.1. The van der Waals surface area contributed by atoms with Crippen molar-refractivity contribution in [2.24, 2.45) is 5.92 Å². The summed E-state index contributed by atoms with van der Waals surface area (Å²) in [6, 6.07) is 7.94. The van der Waals surface area contributed by atoms with Gasteiger partial charge < -0.3 is 15.5 Å². The highest BCUT2D eigenvalue weighted by Gasteiger charge is 2.33. The minimum Gasteiger partial charge on any atom is -0.357 e. The van der Waals surface area contributed by atoms with Crippen molar-refractivity contribution in [2.75, 3.05) is 23.3 Å². The molecule has 5 nitrogen and oxygen atoms in total. The number of aromatic nitrogens is 1. The molecule has 1 aliphatic rings. The van der Waals surface area contributed by atoms with Crippen molar-refractivity contribution in [1.82, 2.24) is 10.3 Å². The van der Waals surface area contributed by atoms with Crippen LogP contribution in [0.15, 0.2) is 42.6 Å². The Morgan fingerprint density at radius 3 is 2.54 bits per heavy atom. The summed E-state index contributed by atoms with van der Waals surface area (Å²) in [4.78, 5) is 18.7. The Balaban J connectivity index is 1.54. The van der Waals surface area contributed by atoms with E-state index in [-0.39, 0.29) is 12.2 Å². The molecule has 0 atom stereocenters. The molecular formula is C20H23F3N4O. The van der Waals surface area contributed by atoms with Gasteiger partial charge in [0.25, 0.3) is 0 Å². The number of urea groups is 1. The number of pyridine rings is 1. The first-order valence-electron chi connectivity index (χ1n) is 9.24. The summed E-state index contributed by atoms with van der Waals surface area (Å²) in [6.07, 6.45) is -0.567. The number of hydrogen-bond acceptors (Lipinski definition) is 3. The maximum atomic E-state index is 13.0. The fourth-order valence-electron chi connectivity index (χ4n) is 3.13. The molecule has 1 aromatic heterocycles. The van der Waals surface area contributed by atoms with E-state index in [1.165, 1.54) is 18.2 Å². The highest BCUT2D eigenvalue weighted by atomic mass is 19.4. The third-order valence-corrected chi connectivity index (χ3v) is 4.85. The predicted octanol–water partition coefficient (Wildman–Crippen LogP) is 4.66. The molecule has 28 heavy (non-hydrogen) atoms. The van der Waals surface area contributed by atoms with Crippen molar-refractivity contribution in [3.8, 4) is 0 Å². The van der Waals surface area contributed by atoms with Crippen LogP contribution in [0.5, 0.6) is 0 Å². The van der Waals surface area contributed by atoms with E-state index in [4.69, 9.17) is 0 Å². The molecule has 0 unspecified atom stereocenters. The van der Waals surface area contributed by atoms with Gasteiger partial charge in [-0.2, -0.15) is 13.2 Å². The summed E-state index contributed by atoms with van der Waals surface area (Å²) in [7, 11) is 0. The van der Waals surface area contributed by atoms with E-state index in [0.29, 0.717) is 0 Å². The van der Waals surface area contributed by atoms with Gasteiger partial charge >= 0.3 is 12.2 Å². The number of anilines is 2. The maximum Gasteiger partial charge on any atom is 0.418 e. The lowest BCUT2D eigenvalue weighted by Gasteiger charge is -2.31. The summed E-state index contributed by atoms with van der Waals surface area (Å²) < 4.78 is 38.9. The fourth-order valence-corrected chi connectivity index (χ4v) is 3.13. The number of para-hydroxylation sites is 1. The Kier molecular flexibility index (Phi) is 6.06. The largest absolute Gasteiger partial charge is 0.418 e. The summed E-state index contributed by atoms with van der Waals surface area (Å²) >= 11 is 0. The average molecular weight is 392 g/mol. The van der Waals surface area contributed by atoms with Crippen molar-refractivity contribution in [3.63, 3.8) is 0 Å². The second-order valence-electron chi connectivity index (χ2n) is 7.05. The predicted molar refractivity (Wildman–Crippen MR) is 102 cm³/mol. The molecule has 0 radical (unpaired) electrons. The van der Waals surface area contributed by atoms with E-state index < -0.39 is 17.8 Å². The van der Waals surface area contributed by atoms with Gasteiger partial charge in [-0.15, -0.1) is 0 Å². The van der Waals surface area contributed by atoms with Crippen LogP contribution in [0, 0.1) is 5.92 Å². The highest BCUT2D eigenvalue weighted by molar-refractivity contribution is 5.90. The quantitative estimate of drug-likeness (QED) is 0.796. The van der Waals surface area contributed by atoms with Crippen LogP contribution >= 0.6 is 0 Å². The zero-order valence-electron chi connectivity index (χ0n) is 15.6. The molecule has 1 aliphatic heterocycles. The molecule has 0 saturated carbocycles. The Bertz CT molecular complexity index is 800. The molecule has 8 heteroatoms. The minimum absolute atomic E-state index is 0.171. The molecule has 0 bridgehead atoms. The van der Waals surface area contributed by atoms with Crippen molar-refractivity contribution in [3.05, 3.63) is 53.7 Å². The minimum atomic E-state index is -4.53. The van der Waals surface area contributed by atoms with Crippen molar-refractivity contribution >= 4 is 17.5 Å². The molecule has 1 fully saturated rings. The Hall–Kier alpha value is -2.77. The number of amides is 2. The first-order chi connectivity index (χ1) is 13.3. The number of nitrogens with one attached hydrogen (secondary N) is 2. The Morgan fingerprint density at radius 2 is 1.89 bits per heavy atom. The molecule has 1 saturated heterocycles. The van der Waals surface area contributed by atoms with Crippen LogP contribution < -0.4 is 15.5 Å². The standard InChI is InChI=1S/C20H23F3N4O/c1-14-8-10-27(11-9-14)18-7-6-15(12-24-18)13-25-19(28)26-17-5-3-2-4-16(17)20(21,22)23/h2-7,12,14H,8-11,13H2,1H3,(H2,25,26,28). The molecule has 2 amide bonds. The van der Waals surface area contributed by atoms with Crippen molar-refractivity contribution < 1.29 is 18.0 Å². The van der Waals surface area contributed by atoms with Crippen LogP contribution in [0.25, 0.3) is 0 Å². The lowest BCUT2D eigenvalue weighted by Crippen LogP contribution is -2.33. The van der Waals surface area contributed by atoms with E-state index in [9.17, 15) is 18.0 Å². The highest BCUT2D eigenvalue weighted by Crippen LogP contribution is 2.34. The third kappa shape index (κ3) is 5.15. The molecule has 0 spiro atoms. The summed E-state index contributed by atoms with van der Waals surface area (Å²) in [5, 5.41) is 4.82. The molecule has 0 aliphatic carbocycles. The van der Waals surface area contributed by atoms with E-state index in [2.05, 4.69) is 27.4 Å². The first-order valence-corrected chi connectivity index (χ1v) is 9.24. The number of benzene rings is 1. The molecular weight excluding hydrogens is 369 g/mol.